The molecule has 0 aliphatic carbocycles. The number of hydrogen-bond donors (Lipinski definition) is 1. The lowest BCUT2D eigenvalue weighted by Crippen LogP contribution is -2.46. The van der Waals surface area contributed by atoms with Gasteiger partial charge < -0.3 is 14.6 Å². The molecule has 4 atom stereocenters. The largest absolute Gasteiger partial charge is 0.390 e. The highest BCUT2D eigenvalue weighted by atomic mass is 16.7. The van der Waals surface area contributed by atoms with E-state index in [2.05, 4.69) is 10.0 Å². The summed E-state index contributed by atoms with van der Waals surface area (Å²) in [5.41, 5.74) is 9.49. The summed E-state index contributed by atoms with van der Waals surface area (Å²) in [5, 5.41) is 13.8. The summed E-state index contributed by atoms with van der Waals surface area (Å²) in [5.74, 6) is 0. The first-order valence-corrected chi connectivity index (χ1v) is 6.80. The summed E-state index contributed by atoms with van der Waals surface area (Å²) in [6.45, 7) is 2.23. The molecule has 1 aliphatic rings. The van der Waals surface area contributed by atoms with Gasteiger partial charge in [-0.05, 0) is 12.0 Å². The fraction of sp³-hybridized carbons (Fsp3) is 0.571. The van der Waals surface area contributed by atoms with E-state index in [1.165, 1.54) is 0 Å². The fourth-order valence-corrected chi connectivity index (χ4v) is 2.31. The summed E-state index contributed by atoms with van der Waals surface area (Å²) in [6.07, 6.45) is -0.293. The first kappa shape index (κ1) is 14.8. The van der Waals surface area contributed by atoms with E-state index in [0.29, 0.717) is 6.42 Å². The second kappa shape index (κ2) is 7.26. The van der Waals surface area contributed by atoms with Crippen LogP contribution in [-0.2, 0) is 9.47 Å². The van der Waals surface area contributed by atoms with Crippen LogP contribution in [0.1, 0.15) is 31.6 Å². The Balaban J connectivity index is 2.13. The lowest BCUT2D eigenvalue weighted by atomic mass is 10.0. The first-order chi connectivity index (χ1) is 9.76. The van der Waals surface area contributed by atoms with Gasteiger partial charge in [-0.2, -0.15) is 0 Å². The van der Waals surface area contributed by atoms with Gasteiger partial charge >= 0.3 is 0 Å². The lowest BCUT2D eigenvalue weighted by Gasteiger charge is -2.37. The molecule has 1 saturated heterocycles. The summed E-state index contributed by atoms with van der Waals surface area (Å²) >= 11 is 0. The molecule has 1 heterocycles. The van der Waals surface area contributed by atoms with Crippen molar-refractivity contribution in [2.24, 2.45) is 5.11 Å². The third kappa shape index (κ3) is 3.49. The van der Waals surface area contributed by atoms with Gasteiger partial charge in [0.2, 0.25) is 0 Å². The van der Waals surface area contributed by atoms with E-state index < -0.39 is 24.5 Å². The molecule has 0 aromatic heterocycles. The molecule has 0 amide bonds. The molecule has 1 aromatic rings. The van der Waals surface area contributed by atoms with Gasteiger partial charge in [0.05, 0.1) is 24.9 Å². The molecule has 1 aromatic carbocycles. The van der Waals surface area contributed by atoms with Gasteiger partial charge in [0.15, 0.2) is 6.29 Å². The quantitative estimate of drug-likeness (QED) is 0.510. The molecule has 108 valence electrons. The Morgan fingerprint density at radius 3 is 2.85 bits per heavy atom. The van der Waals surface area contributed by atoms with Crippen LogP contribution in [0.4, 0.5) is 0 Å². The maximum atomic E-state index is 10.2. The molecule has 1 fully saturated rings. The Morgan fingerprint density at radius 1 is 1.45 bits per heavy atom. The van der Waals surface area contributed by atoms with Gasteiger partial charge in [-0.1, -0.05) is 48.8 Å². The van der Waals surface area contributed by atoms with Gasteiger partial charge in [0, 0.05) is 10.5 Å². The molecule has 0 saturated carbocycles. The number of ether oxygens (including phenoxy) is 2. The zero-order valence-corrected chi connectivity index (χ0v) is 11.4. The molecule has 3 unspecified atom stereocenters. The number of benzene rings is 1. The van der Waals surface area contributed by atoms with Crippen molar-refractivity contribution in [2.45, 2.75) is 44.3 Å². The molecule has 20 heavy (non-hydrogen) atoms. The minimum absolute atomic E-state index is 0.245. The minimum Gasteiger partial charge on any atom is -0.390 e. The average molecular weight is 277 g/mol. The maximum Gasteiger partial charge on any atom is 0.184 e. The SMILES string of the molecule is CCC[C@H](O)C1OC(c2ccccc2)OCC1N=[N+]=[N-]. The van der Waals surface area contributed by atoms with Crippen molar-refractivity contribution in [3.63, 3.8) is 0 Å². The van der Waals surface area contributed by atoms with Crippen LogP contribution in [0.2, 0.25) is 0 Å². The summed E-state index contributed by atoms with van der Waals surface area (Å²) in [6, 6.07) is 9.03. The molecule has 1 aliphatic heterocycles. The zero-order valence-electron chi connectivity index (χ0n) is 11.4. The van der Waals surface area contributed by atoms with E-state index in [4.69, 9.17) is 15.0 Å². The van der Waals surface area contributed by atoms with Crippen molar-refractivity contribution in [3.05, 3.63) is 46.3 Å². The molecule has 6 heteroatoms. The van der Waals surface area contributed by atoms with E-state index >= 15 is 0 Å². The second-order valence-corrected chi connectivity index (χ2v) is 4.80. The Bertz CT molecular complexity index is 462. The van der Waals surface area contributed by atoms with Crippen LogP contribution < -0.4 is 0 Å². The smallest absolute Gasteiger partial charge is 0.184 e. The van der Waals surface area contributed by atoms with Crippen molar-refractivity contribution in [3.8, 4) is 0 Å². The molecule has 2 rings (SSSR count). The standard InChI is InChI=1S/C14H19N3O3/c1-2-6-12(18)13-11(16-17-15)9-19-14(20-13)10-7-4-3-5-8-10/h3-5,7-8,11-14,18H,2,6,9H2,1H3/t11?,12-,13?,14?/m0/s1. The van der Waals surface area contributed by atoms with Crippen LogP contribution in [0, 0.1) is 0 Å². The van der Waals surface area contributed by atoms with Crippen LogP contribution >= 0.6 is 0 Å². The van der Waals surface area contributed by atoms with E-state index in [1.54, 1.807) is 0 Å². The normalized spacial score (nSPS) is 27.6. The van der Waals surface area contributed by atoms with Crippen LogP contribution in [0.5, 0.6) is 0 Å². The number of aliphatic hydroxyl groups is 1. The predicted octanol–water partition coefficient (Wildman–Crippen LogP) is 2.94. The van der Waals surface area contributed by atoms with Gasteiger partial charge in [-0.3, -0.25) is 0 Å². The zero-order chi connectivity index (χ0) is 14.4. The lowest BCUT2D eigenvalue weighted by molar-refractivity contribution is -0.245. The highest BCUT2D eigenvalue weighted by Gasteiger charge is 2.36. The van der Waals surface area contributed by atoms with Crippen LogP contribution in [0.25, 0.3) is 10.4 Å². The van der Waals surface area contributed by atoms with E-state index in [0.717, 1.165) is 12.0 Å². The average Bonchev–Trinajstić information content (AvgIpc) is 2.49. The summed E-state index contributed by atoms with van der Waals surface area (Å²) in [4.78, 5) is 2.80. The molecule has 6 nitrogen and oxygen atoms in total. The fourth-order valence-electron chi connectivity index (χ4n) is 2.31. The number of azide groups is 1. The van der Waals surface area contributed by atoms with Crippen LogP contribution in [0.15, 0.2) is 35.4 Å². The van der Waals surface area contributed by atoms with Crippen molar-refractivity contribution in [1.29, 1.82) is 0 Å². The van der Waals surface area contributed by atoms with Crippen molar-refractivity contribution < 1.29 is 14.6 Å². The Labute approximate surface area is 118 Å². The van der Waals surface area contributed by atoms with E-state index in [-0.39, 0.29) is 6.61 Å². The van der Waals surface area contributed by atoms with Gasteiger partial charge in [0.1, 0.15) is 0 Å². The highest BCUT2D eigenvalue weighted by Crippen LogP contribution is 2.30. The molecular weight excluding hydrogens is 258 g/mol. The Hall–Kier alpha value is -1.59. The molecule has 1 N–H and O–H groups in total. The number of nitrogens with zero attached hydrogens (tertiary/aromatic N) is 3. The van der Waals surface area contributed by atoms with Gasteiger partial charge in [-0.15, -0.1) is 0 Å². The van der Waals surface area contributed by atoms with E-state index in [9.17, 15) is 5.11 Å². The van der Waals surface area contributed by atoms with Crippen molar-refractivity contribution in [1.82, 2.24) is 0 Å². The maximum absolute atomic E-state index is 10.2. The first-order valence-electron chi connectivity index (χ1n) is 6.80. The summed E-state index contributed by atoms with van der Waals surface area (Å²) in [7, 11) is 0. The third-order valence-corrected chi connectivity index (χ3v) is 3.31. The Kier molecular flexibility index (Phi) is 5.38. The number of aliphatic hydroxyl groups excluding tert-OH is 1. The van der Waals surface area contributed by atoms with Gasteiger partial charge in [-0.25, -0.2) is 0 Å². The monoisotopic (exact) mass is 277 g/mol. The van der Waals surface area contributed by atoms with E-state index in [1.807, 2.05) is 37.3 Å². The predicted molar refractivity (Wildman–Crippen MR) is 73.9 cm³/mol. The molecule has 0 bridgehead atoms. The topological polar surface area (TPSA) is 87.5 Å². The molecule has 0 spiro atoms. The van der Waals surface area contributed by atoms with Crippen molar-refractivity contribution >= 4 is 0 Å². The van der Waals surface area contributed by atoms with Crippen LogP contribution in [0.3, 0.4) is 0 Å². The number of rotatable bonds is 5. The minimum atomic E-state index is -0.661. The second-order valence-electron chi connectivity index (χ2n) is 4.80. The molecule has 0 radical (unpaired) electrons. The summed E-state index contributed by atoms with van der Waals surface area (Å²) < 4.78 is 11.4. The highest BCUT2D eigenvalue weighted by molar-refractivity contribution is 5.16. The van der Waals surface area contributed by atoms with Gasteiger partial charge in [0.25, 0.3) is 0 Å². The van der Waals surface area contributed by atoms with Crippen molar-refractivity contribution in [2.75, 3.05) is 6.61 Å². The third-order valence-electron chi connectivity index (χ3n) is 3.31. The Morgan fingerprint density at radius 2 is 2.20 bits per heavy atom. The molecular formula is C14H19N3O3. The van der Waals surface area contributed by atoms with Crippen LogP contribution in [-0.4, -0.2) is 30.0 Å². The number of hydrogen-bond acceptors (Lipinski definition) is 4.